The number of amides is 2. The van der Waals surface area contributed by atoms with Crippen LogP contribution in [0, 0.1) is 3.57 Å². The quantitative estimate of drug-likeness (QED) is 0.231. The van der Waals surface area contributed by atoms with Gasteiger partial charge in [-0.15, -0.1) is 0 Å². The predicted octanol–water partition coefficient (Wildman–Crippen LogP) is 6.54. The molecule has 0 saturated carbocycles. The van der Waals surface area contributed by atoms with Crippen LogP contribution in [0.15, 0.2) is 103 Å². The van der Waals surface area contributed by atoms with E-state index in [4.69, 9.17) is 11.6 Å². The molecule has 0 saturated heterocycles. The number of carbonyl (C=O) groups excluding carboxylic acids is 2. The number of anilines is 1. The van der Waals surface area contributed by atoms with Crippen molar-refractivity contribution in [3.63, 3.8) is 0 Å². The third kappa shape index (κ3) is 5.55. The highest BCUT2D eigenvalue weighted by Crippen LogP contribution is 2.40. The number of aliphatic carboxylic acids is 1. The van der Waals surface area contributed by atoms with Crippen LogP contribution in [0.5, 0.6) is 0 Å². The Morgan fingerprint density at radius 1 is 0.897 bits per heavy atom. The maximum Gasteiger partial charge on any atom is 0.331 e. The molecule has 0 aromatic heterocycles. The Kier molecular flexibility index (Phi) is 7.99. The summed E-state index contributed by atoms with van der Waals surface area (Å²) < 4.78 is 0.798. The summed E-state index contributed by atoms with van der Waals surface area (Å²) in [6, 6.07) is 27.6. The molecule has 39 heavy (non-hydrogen) atoms. The number of halogens is 2. The van der Waals surface area contributed by atoms with Gasteiger partial charge in [-0.2, -0.15) is 0 Å². The monoisotopic (exact) mass is 650 g/mol. The van der Waals surface area contributed by atoms with E-state index < -0.39 is 24.0 Å². The predicted molar refractivity (Wildman–Crippen MR) is 159 cm³/mol. The van der Waals surface area contributed by atoms with Gasteiger partial charge in [-0.25, -0.2) is 4.79 Å². The highest BCUT2D eigenvalue weighted by molar-refractivity contribution is 14.1. The van der Waals surface area contributed by atoms with Gasteiger partial charge in [-0.1, -0.05) is 84.4 Å². The summed E-state index contributed by atoms with van der Waals surface area (Å²) in [5.41, 5.74) is 2.66. The molecule has 8 heteroatoms. The first-order chi connectivity index (χ1) is 18.8. The van der Waals surface area contributed by atoms with Crippen molar-refractivity contribution in [2.75, 3.05) is 11.4 Å². The van der Waals surface area contributed by atoms with E-state index >= 15 is 0 Å². The van der Waals surface area contributed by atoms with Crippen molar-refractivity contribution in [2.24, 2.45) is 0 Å². The molecule has 0 bridgehead atoms. The molecule has 5 rings (SSSR count). The Labute approximate surface area is 245 Å². The SMILES string of the molecule is O=C(O)C(c1ccccc1)N1C(=O)c2cc(I)ccc2N(CCc2ccccc2)C(=O)C1c1ccc(Cl)cc1. The number of carboxylic acids is 1. The first kappa shape index (κ1) is 26.9. The second-order valence-electron chi connectivity index (χ2n) is 9.20. The summed E-state index contributed by atoms with van der Waals surface area (Å²) in [7, 11) is 0. The number of nitrogens with zero attached hydrogens (tertiary/aromatic N) is 2. The van der Waals surface area contributed by atoms with Gasteiger partial charge in [-0.3, -0.25) is 9.59 Å². The van der Waals surface area contributed by atoms with Gasteiger partial charge in [0.25, 0.3) is 11.8 Å². The largest absolute Gasteiger partial charge is 0.479 e. The number of carboxylic acid groups (broad SMARTS) is 1. The molecule has 196 valence electrons. The van der Waals surface area contributed by atoms with Gasteiger partial charge in [-0.05, 0) is 76.0 Å². The third-order valence-corrected chi connectivity index (χ3v) is 7.70. The second kappa shape index (κ2) is 11.6. The van der Waals surface area contributed by atoms with Crippen LogP contribution in [0.4, 0.5) is 5.69 Å². The minimum atomic E-state index is -1.40. The van der Waals surface area contributed by atoms with Crippen molar-refractivity contribution in [2.45, 2.75) is 18.5 Å². The van der Waals surface area contributed by atoms with Crippen molar-refractivity contribution in [3.05, 3.63) is 134 Å². The standard InChI is InChI=1S/C31H24ClIN2O4/c32-23-13-11-22(12-14-23)27-30(37)34(18-17-20-7-3-1-4-8-20)26-16-15-24(33)19-25(26)29(36)35(27)28(31(38)39)21-9-5-2-6-10-21/h1-16,19,27-28H,17-18H2,(H,38,39). The number of hydrogen-bond acceptors (Lipinski definition) is 3. The Morgan fingerprint density at radius 3 is 2.18 bits per heavy atom. The van der Waals surface area contributed by atoms with Crippen molar-refractivity contribution in [1.82, 2.24) is 4.90 Å². The first-order valence-corrected chi connectivity index (χ1v) is 13.8. The van der Waals surface area contributed by atoms with Crippen LogP contribution in [-0.2, 0) is 16.0 Å². The van der Waals surface area contributed by atoms with Gasteiger partial charge in [0.05, 0.1) is 11.3 Å². The van der Waals surface area contributed by atoms with E-state index in [1.807, 2.05) is 36.4 Å². The molecule has 0 fully saturated rings. The zero-order valence-electron chi connectivity index (χ0n) is 20.7. The van der Waals surface area contributed by atoms with Crippen LogP contribution in [0.1, 0.15) is 39.1 Å². The van der Waals surface area contributed by atoms with Crippen LogP contribution in [0.2, 0.25) is 5.02 Å². The van der Waals surface area contributed by atoms with Gasteiger partial charge in [0.15, 0.2) is 6.04 Å². The minimum Gasteiger partial charge on any atom is -0.479 e. The Morgan fingerprint density at radius 2 is 1.54 bits per heavy atom. The number of rotatable bonds is 7. The molecular formula is C31H24ClIN2O4. The van der Waals surface area contributed by atoms with Gasteiger partial charge < -0.3 is 14.9 Å². The highest BCUT2D eigenvalue weighted by Gasteiger charge is 2.46. The molecule has 4 aromatic carbocycles. The fraction of sp³-hybridized carbons (Fsp3) is 0.129. The molecule has 2 amide bonds. The summed E-state index contributed by atoms with van der Waals surface area (Å²) in [6.45, 7) is 0.310. The number of hydrogen-bond donors (Lipinski definition) is 1. The average molecular weight is 651 g/mol. The molecule has 6 nitrogen and oxygen atoms in total. The molecule has 2 atom stereocenters. The summed E-state index contributed by atoms with van der Waals surface area (Å²) in [5.74, 6) is -2.15. The molecular weight excluding hydrogens is 627 g/mol. The minimum absolute atomic E-state index is 0.280. The molecule has 0 radical (unpaired) electrons. The highest BCUT2D eigenvalue weighted by atomic mass is 127. The number of carbonyl (C=O) groups is 3. The average Bonchev–Trinajstić information content (AvgIpc) is 3.02. The van der Waals surface area contributed by atoms with E-state index in [-0.39, 0.29) is 11.5 Å². The van der Waals surface area contributed by atoms with Gasteiger partial charge in [0.1, 0.15) is 6.04 Å². The van der Waals surface area contributed by atoms with Crippen LogP contribution in [0.3, 0.4) is 0 Å². The van der Waals surface area contributed by atoms with E-state index in [1.54, 1.807) is 71.6 Å². The molecule has 1 aliphatic heterocycles. The smallest absolute Gasteiger partial charge is 0.331 e. The Hall–Kier alpha value is -3.69. The summed E-state index contributed by atoms with van der Waals surface area (Å²) in [5, 5.41) is 10.9. The van der Waals surface area contributed by atoms with Crippen molar-refractivity contribution < 1.29 is 19.5 Å². The van der Waals surface area contributed by atoms with Crippen LogP contribution in [-0.4, -0.2) is 34.3 Å². The lowest BCUT2D eigenvalue weighted by Crippen LogP contribution is -2.46. The topological polar surface area (TPSA) is 77.9 Å². The number of benzene rings is 4. The van der Waals surface area contributed by atoms with E-state index in [0.29, 0.717) is 34.8 Å². The van der Waals surface area contributed by atoms with Crippen LogP contribution >= 0.6 is 34.2 Å². The fourth-order valence-corrected chi connectivity index (χ4v) is 5.56. The normalized spacial score (nSPS) is 16.0. The van der Waals surface area contributed by atoms with Crippen molar-refractivity contribution >= 4 is 57.7 Å². The molecule has 1 aliphatic rings. The lowest BCUT2D eigenvalue weighted by molar-refractivity contribution is -0.144. The lowest BCUT2D eigenvalue weighted by atomic mass is 9.97. The molecule has 4 aromatic rings. The van der Waals surface area contributed by atoms with Crippen molar-refractivity contribution in [1.29, 1.82) is 0 Å². The fourth-order valence-electron chi connectivity index (χ4n) is 4.94. The van der Waals surface area contributed by atoms with Crippen LogP contribution < -0.4 is 4.90 Å². The zero-order chi connectivity index (χ0) is 27.5. The summed E-state index contributed by atoms with van der Waals surface area (Å²) in [6.07, 6.45) is 0.556. The lowest BCUT2D eigenvalue weighted by Gasteiger charge is -2.35. The zero-order valence-corrected chi connectivity index (χ0v) is 23.6. The van der Waals surface area contributed by atoms with Gasteiger partial charge in [0.2, 0.25) is 0 Å². The molecule has 1 heterocycles. The van der Waals surface area contributed by atoms with Gasteiger partial charge in [0, 0.05) is 15.1 Å². The molecule has 1 N–H and O–H groups in total. The van der Waals surface area contributed by atoms with E-state index in [0.717, 1.165) is 9.13 Å². The van der Waals surface area contributed by atoms with Crippen molar-refractivity contribution in [3.8, 4) is 0 Å². The third-order valence-electron chi connectivity index (χ3n) is 6.77. The Balaban J connectivity index is 1.71. The summed E-state index contributed by atoms with van der Waals surface area (Å²) in [4.78, 5) is 44.5. The second-order valence-corrected chi connectivity index (χ2v) is 10.9. The van der Waals surface area contributed by atoms with E-state index in [1.165, 1.54) is 4.90 Å². The van der Waals surface area contributed by atoms with Gasteiger partial charge >= 0.3 is 5.97 Å². The van der Waals surface area contributed by atoms with Crippen LogP contribution in [0.25, 0.3) is 0 Å². The molecule has 0 spiro atoms. The maximum absolute atomic E-state index is 14.5. The summed E-state index contributed by atoms with van der Waals surface area (Å²) >= 11 is 8.28. The van der Waals surface area contributed by atoms with E-state index in [9.17, 15) is 19.5 Å². The van der Waals surface area contributed by atoms with E-state index in [2.05, 4.69) is 22.6 Å². The maximum atomic E-state index is 14.5. The molecule has 0 aliphatic carbocycles. The Bertz CT molecular complexity index is 1510. The first-order valence-electron chi connectivity index (χ1n) is 12.4. The number of fused-ring (bicyclic) bond motifs is 1. The molecule has 2 unspecified atom stereocenters.